The number of carbonyl (C=O) groups excluding carboxylic acids is 1. The number of amides is 1. The Morgan fingerprint density at radius 2 is 2.40 bits per heavy atom. The summed E-state index contributed by atoms with van der Waals surface area (Å²) in [5.74, 6) is -0.132. The molecule has 0 aliphatic rings. The zero-order chi connectivity index (χ0) is 11.3. The second-order valence-corrected chi connectivity index (χ2v) is 3.24. The van der Waals surface area contributed by atoms with Gasteiger partial charge in [0, 0.05) is 13.5 Å². The van der Waals surface area contributed by atoms with Crippen LogP contribution in [0.4, 0.5) is 0 Å². The monoisotopic (exact) mass is 226 g/mol. The van der Waals surface area contributed by atoms with Gasteiger partial charge in [0.1, 0.15) is 0 Å². The molecule has 4 nitrogen and oxygen atoms in total. The normalized spacial score (nSPS) is 10.5. The fourth-order valence-corrected chi connectivity index (χ4v) is 1.08. The summed E-state index contributed by atoms with van der Waals surface area (Å²) in [4.78, 5) is 14.4. The Morgan fingerprint density at radius 3 is 3.00 bits per heavy atom. The maximum Gasteiger partial charge on any atom is 0.217 e. The molecule has 5 heteroatoms. The molecule has 1 rings (SSSR count). The third-order valence-corrected chi connectivity index (χ3v) is 1.89. The van der Waals surface area contributed by atoms with Gasteiger partial charge in [-0.25, -0.2) is 4.98 Å². The lowest BCUT2D eigenvalue weighted by molar-refractivity contribution is -0.118. The van der Waals surface area contributed by atoms with Crippen LogP contribution >= 0.6 is 11.6 Å². The molecule has 1 amide bonds. The molecule has 80 valence electrons. The van der Waals surface area contributed by atoms with E-state index in [9.17, 15) is 4.79 Å². The van der Waals surface area contributed by atoms with Crippen molar-refractivity contribution in [3.05, 3.63) is 29.1 Å². The highest BCUT2D eigenvalue weighted by molar-refractivity contribution is 6.30. The molecule has 0 fully saturated rings. The molecule has 0 bridgehead atoms. The van der Waals surface area contributed by atoms with Crippen LogP contribution in [0.5, 0.6) is 5.75 Å². The van der Waals surface area contributed by atoms with E-state index in [4.69, 9.17) is 16.7 Å². The number of hydrogen-bond acceptors (Lipinski definition) is 3. The van der Waals surface area contributed by atoms with E-state index >= 15 is 0 Å². The van der Waals surface area contributed by atoms with Gasteiger partial charge in [0.2, 0.25) is 5.91 Å². The van der Waals surface area contributed by atoms with E-state index in [1.54, 1.807) is 18.2 Å². The molecule has 0 saturated carbocycles. The van der Waals surface area contributed by atoms with Gasteiger partial charge < -0.3 is 10.4 Å². The molecule has 1 aromatic heterocycles. The molecule has 1 heterocycles. The Morgan fingerprint density at radius 1 is 1.67 bits per heavy atom. The van der Waals surface area contributed by atoms with Gasteiger partial charge in [0.05, 0.1) is 5.69 Å². The van der Waals surface area contributed by atoms with Crippen LogP contribution in [-0.2, 0) is 4.79 Å². The Bertz CT molecular complexity index is 391. The fraction of sp³-hybridized carbons (Fsp3) is 0.200. The van der Waals surface area contributed by atoms with Gasteiger partial charge in [0.15, 0.2) is 10.9 Å². The second-order valence-electron chi connectivity index (χ2n) is 2.89. The van der Waals surface area contributed by atoms with Crippen molar-refractivity contribution < 1.29 is 9.90 Å². The number of halogens is 1. The van der Waals surface area contributed by atoms with Crippen LogP contribution in [0.3, 0.4) is 0 Å². The lowest BCUT2D eigenvalue weighted by Gasteiger charge is -1.97. The van der Waals surface area contributed by atoms with Crippen molar-refractivity contribution in [2.24, 2.45) is 0 Å². The van der Waals surface area contributed by atoms with Gasteiger partial charge in [-0.1, -0.05) is 17.7 Å². The number of carbonyl (C=O) groups is 1. The highest BCUT2D eigenvalue weighted by atomic mass is 35.5. The number of aromatic hydroxyl groups is 1. The summed E-state index contributed by atoms with van der Waals surface area (Å²) in [5.41, 5.74) is 0.628. The van der Waals surface area contributed by atoms with Crippen LogP contribution in [0.15, 0.2) is 18.2 Å². The van der Waals surface area contributed by atoms with Crippen LogP contribution in [0.2, 0.25) is 5.15 Å². The number of nitrogens with one attached hydrogen (secondary N) is 1. The Kier molecular flexibility index (Phi) is 4.12. The standard InChI is InChI=1S/C10H11ClN2O2/c1-7(14)12-6-2-3-8-4-5-9(15)10(11)13-8/h2-5,15H,6H2,1H3,(H,12,14). The number of nitrogens with zero attached hydrogens (tertiary/aromatic N) is 1. The molecule has 0 aromatic carbocycles. The smallest absolute Gasteiger partial charge is 0.217 e. The molecular weight excluding hydrogens is 216 g/mol. The van der Waals surface area contributed by atoms with Crippen LogP contribution in [0, 0.1) is 0 Å². The molecule has 0 spiro atoms. The highest BCUT2D eigenvalue weighted by Gasteiger charge is 1.98. The minimum Gasteiger partial charge on any atom is -0.505 e. The van der Waals surface area contributed by atoms with Crippen LogP contribution in [0.1, 0.15) is 12.6 Å². The van der Waals surface area contributed by atoms with Gasteiger partial charge in [0.25, 0.3) is 0 Å². The fourth-order valence-electron chi connectivity index (χ4n) is 0.916. The van der Waals surface area contributed by atoms with Gasteiger partial charge in [-0.3, -0.25) is 4.79 Å². The number of hydrogen-bond donors (Lipinski definition) is 2. The molecule has 0 aliphatic heterocycles. The summed E-state index contributed by atoms with van der Waals surface area (Å²) >= 11 is 5.61. The van der Waals surface area contributed by atoms with Crippen molar-refractivity contribution in [2.45, 2.75) is 6.92 Å². The zero-order valence-electron chi connectivity index (χ0n) is 8.20. The van der Waals surface area contributed by atoms with Crippen molar-refractivity contribution in [1.29, 1.82) is 0 Å². The largest absolute Gasteiger partial charge is 0.505 e. The van der Waals surface area contributed by atoms with Gasteiger partial charge in [-0.15, -0.1) is 0 Å². The SMILES string of the molecule is CC(=O)NCC=Cc1ccc(O)c(Cl)n1. The van der Waals surface area contributed by atoms with Crippen molar-refractivity contribution in [1.82, 2.24) is 10.3 Å². The molecule has 15 heavy (non-hydrogen) atoms. The van der Waals surface area contributed by atoms with Crippen LogP contribution in [0.25, 0.3) is 6.08 Å². The Labute approximate surface area is 92.6 Å². The minimum atomic E-state index is -0.0867. The third kappa shape index (κ3) is 3.99. The molecule has 0 atom stereocenters. The molecule has 0 radical (unpaired) electrons. The van der Waals surface area contributed by atoms with E-state index < -0.39 is 0 Å². The lowest BCUT2D eigenvalue weighted by Crippen LogP contribution is -2.19. The predicted octanol–water partition coefficient (Wildman–Crippen LogP) is 1.59. The predicted molar refractivity (Wildman–Crippen MR) is 58.6 cm³/mol. The second kappa shape index (κ2) is 5.36. The quantitative estimate of drug-likeness (QED) is 0.770. The van der Waals surface area contributed by atoms with Gasteiger partial charge in [-0.2, -0.15) is 0 Å². The number of aromatic nitrogens is 1. The summed E-state index contributed by atoms with van der Waals surface area (Å²) in [6.45, 7) is 1.89. The Balaban J connectivity index is 2.57. The first-order chi connectivity index (χ1) is 7.09. The maximum absolute atomic E-state index is 10.5. The summed E-state index contributed by atoms with van der Waals surface area (Å²) < 4.78 is 0. The van der Waals surface area contributed by atoms with E-state index in [2.05, 4.69) is 10.3 Å². The summed E-state index contributed by atoms with van der Waals surface area (Å²) in [7, 11) is 0. The molecule has 0 saturated heterocycles. The van der Waals surface area contributed by atoms with E-state index in [1.165, 1.54) is 13.0 Å². The Hall–Kier alpha value is -1.55. The average molecular weight is 227 g/mol. The maximum atomic E-state index is 10.5. The minimum absolute atomic E-state index is 0.0457. The van der Waals surface area contributed by atoms with Crippen molar-refractivity contribution in [3.8, 4) is 5.75 Å². The zero-order valence-corrected chi connectivity index (χ0v) is 8.95. The van der Waals surface area contributed by atoms with E-state index in [-0.39, 0.29) is 16.8 Å². The average Bonchev–Trinajstić information content (AvgIpc) is 2.18. The highest BCUT2D eigenvalue weighted by Crippen LogP contribution is 2.20. The number of pyridine rings is 1. The lowest BCUT2D eigenvalue weighted by atomic mass is 10.3. The van der Waals surface area contributed by atoms with Crippen molar-refractivity contribution >= 4 is 23.6 Å². The van der Waals surface area contributed by atoms with Crippen molar-refractivity contribution in [2.75, 3.05) is 6.54 Å². The van der Waals surface area contributed by atoms with E-state index in [0.29, 0.717) is 12.2 Å². The first-order valence-electron chi connectivity index (χ1n) is 4.36. The van der Waals surface area contributed by atoms with Gasteiger partial charge in [-0.05, 0) is 18.2 Å². The summed E-state index contributed by atoms with van der Waals surface area (Å²) in [6, 6.07) is 3.10. The molecule has 0 aliphatic carbocycles. The first-order valence-corrected chi connectivity index (χ1v) is 4.74. The molecule has 1 aromatic rings. The summed E-state index contributed by atoms with van der Waals surface area (Å²) in [6.07, 6.45) is 3.46. The topological polar surface area (TPSA) is 62.2 Å². The molecule has 0 unspecified atom stereocenters. The van der Waals surface area contributed by atoms with E-state index in [0.717, 1.165) is 0 Å². The summed E-state index contributed by atoms with van der Waals surface area (Å²) in [5, 5.41) is 11.8. The van der Waals surface area contributed by atoms with Gasteiger partial charge >= 0.3 is 0 Å². The van der Waals surface area contributed by atoms with Crippen molar-refractivity contribution in [3.63, 3.8) is 0 Å². The molecule has 2 N–H and O–H groups in total. The van der Waals surface area contributed by atoms with E-state index in [1.807, 2.05) is 0 Å². The van der Waals surface area contributed by atoms with Crippen LogP contribution < -0.4 is 5.32 Å². The van der Waals surface area contributed by atoms with Crippen LogP contribution in [-0.4, -0.2) is 22.5 Å². The number of rotatable bonds is 3. The molecular formula is C10H11ClN2O2. The first kappa shape index (κ1) is 11.5. The third-order valence-electron chi connectivity index (χ3n) is 1.61.